The van der Waals surface area contributed by atoms with E-state index in [-0.39, 0.29) is 26.1 Å². The number of carbonyl (C=O) groups is 2. The van der Waals surface area contributed by atoms with Crippen molar-refractivity contribution >= 4 is 11.9 Å². The number of nitrogens with zero attached hydrogens (tertiary/aromatic N) is 2. The standard InChI is InChI=1S/C16H18F3N3O3/c17-16(18,19)11-3-1-2-10(6-11)13-7-12(23)8-21(13)9-14(24)22-5-4-20-15(22)25/h1-3,6,12-13,23H,4-5,7-9H2,(H,20,25)/t12-,13+/m1/s1. The summed E-state index contributed by atoms with van der Waals surface area (Å²) in [6.45, 7) is 0.681. The lowest BCUT2D eigenvalue weighted by molar-refractivity contribution is -0.137. The minimum absolute atomic E-state index is 0.134. The number of benzene rings is 1. The summed E-state index contributed by atoms with van der Waals surface area (Å²) in [6, 6.07) is 3.92. The molecule has 3 rings (SSSR count). The van der Waals surface area contributed by atoms with Crippen LogP contribution in [0.5, 0.6) is 0 Å². The molecule has 0 saturated carbocycles. The van der Waals surface area contributed by atoms with Crippen molar-refractivity contribution in [2.24, 2.45) is 0 Å². The van der Waals surface area contributed by atoms with Crippen molar-refractivity contribution in [3.8, 4) is 0 Å². The topological polar surface area (TPSA) is 72.9 Å². The van der Waals surface area contributed by atoms with Gasteiger partial charge in [-0.05, 0) is 24.1 Å². The van der Waals surface area contributed by atoms with E-state index in [0.29, 0.717) is 12.1 Å². The monoisotopic (exact) mass is 357 g/mol. The predicted octanol–water partition coefficient (Wildman–Crippen LogP) is 1.36. The Kier molecular flexibility index (Phi) is 4.70. The molecule has 9 heteroatoms. The number of hydrogen-bond donors (Lipinski definition) is 2. The number of alkyl halides is 3. The normalized spacial score (nSPS) is 24.6. The zero-order valence-corrected chi connectivity index (χ0v) is 13.3. The molecule has 2 aliphatic rings. The maximum absolute atomic E-state index is 12.9. The first-order valence-corrected chi connectivity index (χ1v) is 7.93. The van der Waals surface area contributed by atoms with Gasteiger partial charge in [0.25, 0.3) is 0 Å². The van der Waals surface area contributed by atoms with E-state index in [2.05, 4.69) is 5.32 Å². The number of β-amino-alcohol motifs (C(OH)–C–C–N with tert-alkyl or cyclic N) is 1. The third-order valence-electron chi connectivity index (χ3n) is 4.48. The van der Waals surface area contributed by atoms with Gasteiger partial charge in [0.05, 0.1) is 18.2 Å². The lowest BCUT2D eigenvalue weighted by Crippen LogP contribution is -2.42. The van der Waals surface area contributed by atoms with Crippen LogP contribution in [0.1, 0.15) is 23.6 Å². The van der Waals surface area contributed by atoms with Crippen molar-refractivity contribution < 1.29 is 27.9 Å². The molecule has 0 radical (unpaired) electrons. The molecule has 0 unspecified atom stereocenters. The molecule has 2 N–H and O–H groups in total. The third kappa shape index (κ3) is 3.77. The fourth-order valence-corrected chi connectivity index (χ4v) is 3.29. The zero-order valence-electron chi connectivity index (χ0n) is 13.3. The summed E-state index contributed by atoms with van der Waals surface area (Å²) in [5.74, 6) is -0.430. The summed E-state index contributed by atoms with van der Waals surface area (Å²) in [5.41, 5.74) is -0.373. The van der Waals surface area contributed by atoms with Crippen molar-refractivity contribution in [3.63, 3.8) is 0 Å². The van der Waals surface area contributed by atoms with E-state index in [9.17, 15) is 27.9 Å². The van der Waals surface area contributed by atoms with E-state index in [4.69, 9.17) is 0 Å². The number of carbonyl (C=O) groups excluding carboxylic acids is 2. The van der Waals surface area contributed by atoms with Gasteiger partial charge < -0.3 is 10.4 Å². The Bertz CT molecular complexity index is 680. The fraction of sp³-hybridized carbons (Fsp3) is 0.500. The second-order valence-corrected chi connectivity index (χ2v) is 6.24. The molecular weight excluding hydrogens is 339 g/mol. The summed E-state index contributed by atoms with van der Waals surface area (Å²) in [4.78, 5) is 26.5. The molecule has 136 valence electrons. The summed E-state index contributed by atoms with van der Waals surface area (Å²) >= 11 is 0. The molecule has 2 fully saturated rings. The van der Waals surface area contributed by atoms with Gasteiger partial charge in [0.2, 0.25) is 5.91 Å². The number of halogens is 3. The molecule has 0 aromatic heterocycles. The Balaban J connectivity index is 1.78. The largest absolute Gasteiger partial charge is 0.416 e. The van der Waals surface area contributed by atoms with Crippen molar-refractivity contribution in [2.45, 2.75) is 24.7 Å². The van der Waals surface area contributed by atoms with Crippen LogP contribution < -0.4 is 5.32 Å². The number of imide groups is 1. The molecule has 0 aliphatic carbocycles. The summed E-state index contributed by atoms with van der Waals surface area (Å²) in [6.07, 6.45) is -4.96. The highest BCUT2D eigenvalue weighted by molar-refractivity contribution is 5.96. The number of amides is 3. The lowest BCUT2D eigenvalue weighted by Gasteiger charge is -2.26. The molecular formula is C16H18F3N3O3. The summed E-state index contributed by atoms with van der Waals surface area (Å²) in [7, 11) is 0. The number of nitrogens with one attached hydrogen (secondary N) is 1. The van der Waals surface area contributed by atoms with Gasteiger partial charge in [-0.3, -0.25) is 14.6 Å². The minimum atomic E-state index is -4.46. The molecule has 2 aliphatic heterocycles. The van der Waals surface area contributed by atoms with Crippen LogP contribution in [0.4, 0.5) is 18.0 Å². The van der Waals surface area contributed by atoms with E-state index in [1.807, 2.05) is 0 Å². The van der Waals surface area contributed by atoms with Gasteiger partial charge in [-0.15, -0.1) is 0 Å². The molecule has 3 amide bonds. The molecule has 1 aromatic rings. The smallest absolute Gasteiger partial charge is 0.392 e. The van der Waals surface area contributed by atoms with Gasteiger partial charge in [0.15, 0.2) is 0 Å². The highest BCUT2D eigenvalue weighted by atomic mass is 19.4. The summed E-state index contributed by atoms with van der Waals surface area (Å²) < 4.78 is 38.8. The average Bonchev–Trinajstić information content (AvgIpc) is 3.12. The quantitative estimate of drug-likeness (QED) is 0.857. The number of aliphatic hydroxyl groups is 1. The predicted molar refractivity (Wildman–Crippen MR) is 81.5 cm³/mol. The van der Waals surface area contributed by atoms with Crippen LogP contribution >= 0.6 is 0 Å². The lowest BCUT2D eigenvalue weighted by atomic mass is 10.0. The molecule has 0 spiro atoms. The maximum Gasteiger partial charge on any atom is 0.416 e. The van der Waals surface area contributed by atoms with Gasteiger partial charge in [-0.1, -0.05) is 12.1 Å². The van der Waals surface area contributed by atoms with Crippen LogP contribution in [0.2, 0.25) is 0 Å². The van der Waals surface area contributed by atoms with Gasteiger partial charge in [-0.25, -0.2) is 4.79 Å². The number of aliphatic hydroxyl groups excluding tert-OH is 1. The first-order chi connectivity index (χ1) is 11.8. The Hall–Kier alpha value is -2.13. The van der Waals surface area contributed by atoms with E-state index >= 15 is 0 Å². The fourth-order valence-electron chi connectivity index (χ4n) is 3.29. The van der Waals surface area contributed by atoms with Crippen LogP contribution in [0.15, 0.2) is 24.3 Å². The highest BCUT2D eigenvalue weighted by Gasteiger charge is 2.37. The van der Waals surface area contributed by atoms with Crippen LogP contribution in [0, 0.1) is 0 Å². The maximum atomic E-state index is 12.9. The number of likely N-dealkylation sites (tertiary alicyclic amines) is 1. The number of hydrogen-bond acceptors (Lipinski definition) is 4. The molecule has 25 heavy (non-hydrogen) atoms. The van der Waals surface area contributed by atoms with Gasteiger partial charge in [0.1, 0.15) is 0 Å². The minimum Gasteiger partial charge on any atom is -0.392 e. The summed E-state index contributed by atoms with van der Waals surface area (Å²) in [5, 5.41) is 12.4. The Morgan fingerprint density at radius 2 is 2.12 bits per heavy atom. The highest BCUT2D eigenvalue weighted by Crippen LogP contribution is 2.36. The number of rotatable bonds is 3. The zero-order chi connectivity index (χ0) is 18.2. The van der Waals surface area contributed by atoms with Crippen molar-refractivity contribution in [1.29, 1.82) is 0 Å². The van der Waals surface area contributed by atoms with E-state index in [1.54, 1.807) is 11.0 Å². The van der Waals surface area contributed by atoms with E-state index in [0.717, 1.165) is 17.0 Å². The molecule has 2 atom stereocenters. The van der Waals surface area contributed by atoms with Crippen molar-refractivity contribution in [3.05, 3.63) is 35.4 Å². The van der Waals surface area contributed by atoms with Crippen LogP contribution in [-0.2, 0) is 11.0 Å². The average molecular weight is 357 g/mol. The molecule has 2 heterocycles. The molecule has 0 bridgehead atoms. The van der Waals surface area contributed by atoms with Crippen molar-refractivity contribution in [1.82, 2.24) is 15.1 Å². The van der Waals surface area contributed by atoms with Crippen LogP contribution in [0.25, 0.3) is 0 Å². The number of urea groups is 1. The second kappa shape index (κ2) is 6.64. The van der Waals surface area contributed by atoms with Gasteiger partial charge in [0, 0.05) is 25.7 Å². The van der Waals surface area contributed by atoms with Crippen molar-refractivity contribution in [2.75, 3.05) is 26.2 Å². The first kappa shape index (κ1) is 17.7. The van der Waals surface area contributed by atoms with E-state index in [1.165, 1.54) is 6.07 Å². The Morgan fingerprint density at radius 1 is 1.36 bits per heavy atom. The molecule has 1 aromatic carbocycles. The van der Waals surface area contributed by atoms with Crippen LogP contribution in [0.3, 0.4) is 0 Å². The Labute approximate surface area is 142 Å². The van der Waals surface area contributed by atoms with E-state index < -0.39 is 35.8 Å². The Morgan fingerprint density at radius 3 is 2.76 bits per heavy atom. The second-order valence-electron chi connectivity index (χ2n) is 6.24. The van der Waals surface area contributed by atoms with Crippen LogP contribution in [-0.4, -0.2) is 59.1 Å². The van der Waals surface area contributed by atoms with Gasteiger partial charge in [-0.2, -0.15) is 13.2 Å². The first-order valence-electron chi connectivity index (χ1n) is 7.93. The molecule has 2 saturated heterocycles. The third-order valence-corrected chi connectivity index (χ3v) is 4.48. The van der Waals surface area contributed by atoms with Gasteiger partial charge >= 0.3 is 12.2 Å². The SMILES string of the molecule is O=C(CN1C[C@H](O)C[C@H]1c1cccc(C(F)(F)F)c1)N1CCNC1=O. The molecule has 6 nitrogen and oxygen atoms in total.